The lowest BCUT2D eigenvalue weighted by atomic mass is 9.61. The Morgan fingerprint density at radius 3 is 2.30 bits per heavy atom. The first kappa shape index (κ1) is 41.5. The van der Waals surface area contributed by atoms with Gasteiger partial charge in [-0.2, -0.15) is 0 Å². The van der Waals surface area contributed by atoms with Crippen LogP contribution in [0.1, 0.15) is 53.1 Å². The molecule has 5 heterocycles. The van der Waals surface area contributed by atoms with E-state index in [2.05, 4.69) is 4.98 Å². The molecule has 1 aromatic heterocycles. The number of aliphatic hydroxyl groups excluding tert-OH is 2. The molecule has 1 aliphatic carbocycles. The summed E-state index contributed by atoms with van der Waals surface area (Å²) in [6.45, 7) is 2.67. The molecule has 9 rings (SSSR count). The van der Waals surface area contributed by atoms with E-state index in [0.717, 1.165) is 16.7 Å². The average Bonchev–Trinajstić information content (AvgIpc) is 4.05. The quantitative estimate of drug-likeness (QED) is 0.153. The minimum Gasteiger partial charge on any atom is -0.493 e. The SMILES string of the molecule is COc1cc(C2c3cc4c(cc3C(CC3OC(O)C(O)C5OC(C)OC35)C3COCC23)OCO4)cc(OC)c1OCc1ccc(OCc2cnc([N+](=O)[O-])n2C)c(F)c1.O. The number of fused-ring (bicyclic) bond motifs is 4. The molecule has 4 N–H and O–H groups in total. The molecule has 3 aromatic carbocycles. The first-order valence-corrected chi connectivity index (χ1v) is 19.3. The molecule has 3 saturated heterocycles. The molecule has 0 spiro atoms. The molecular weight excluding hydrogens is 793 g/mol. The van der Waals surface area contributed by atoms with E-state index in [-0.39, 0.29) is 60.9 Å². The molecule has 18 nitrogen and oxygen atoms in total. The highest BCUT2D eigenvalue weighted by Crippen LogP contribution is 2.57. The highest BCUT2D eigenvalue weighted by Gasteiger charge is 2.54. The number of aromatic nitrogens is 2. The van der Waals surface area contributed by atoms with Gasteiger partial charge in [-0.15, -0.1) is 0 Å². The van der Waals surface area contributed by atoms with Gasteiger partial charge in [0.2, 0.25) is 12.5 Å². The van der Waals surface area contributed by atoms with Crippen LogP contribution in [0.25, 0.3) is 0 Å². The van der Waals surface area contributed by atoms with Gasteiger partial charge >= 0.3 is 5.95 Å². The highest BCUT2D eigenvalue weighted by molar-refractivity contribution is 5.59. The van der Waals surface area contributed by atoms with Crippen molar-refractivity contribution >= 4 is 5.95 Å². The third-order valence-corrected chi connectivity index (χ3v) is 12.1. The van der Waals surface area contributed by atoms with Crippen LogP contribution in [0.2, 0.25) is 0 Å². The van der Waals surface area contributed by atoms with Crippen LogP contribution in [0.4, 0.5) is 10.3 Å². The van der Waals surface area contributed by atoms with Crippen LogP contribution in [0.15, 0.2) is 48.7 Å². The number of halogens is 1. The Bertz CT molecular complexity index is 2210. The van der Waals surface area contributed by atoms with Crippen molar-refractivity contribution in [1.82, 2.24) is 9.55 Å². The third kappa shape index (κ3) is 7.33. The molecular formula is C41H46FN3O15. The van der Waals surface area contributed by atoms with Crippen molar-refractivity contribution in [2.24, 2.45) is 18.9 Å². The van der Waals surface area contributed by atoms with Gasteiger partial charge in [-0.25, -0.2) is 8.96 Å². The number of hydrogen-bond donors (Lipinski definition) is 2. The van der Waals surface area contributed by atoms with Gasteiger partial charge in [0.25, 0.3) is 0 Å². The van der Waals surface area contributed by atoms with Crippen molar-refractivity contribution in [1.29, 1.82) is 0 Å². The maximum atomic E-state index is 15.2. The molecule has 5 aliphatic rings. The van der Waals surface area contributed by atoms with Crippen LogP contribution in [0.3, 0.4) is 0 Å². The Morgan fingerprint density at radius 2 is 1.62 bits per heavy atom. The van der Waals surface area contributed by atoms with Crippen LogP contribution < -0.4 is 28.4 Å². The van der Waals surface area contributed by atoms with Gasteiger partial charge in [-0.3, -0.25) is 0 Å². The third-order valence-electron chi connectivity index (χ3n) is 12.1. The van der Waals surface area contributed by atoms with E-state index in [1.54, 1.807) is 13.0 Å². The predicted molar refractivity (Wildman–Crippen MR) is 204 cm³/mol. The lowest BCUT2D eigenvalue weighted by Crippen LogP contribution is -2.56. The number of benzene rings is 3. The topological polar surface area (TPSA) is 225 Å². The first-order valence-electron chi connectivity index (χ1n) is 19.3. The van der Waals surface area contributed by atoms with Crippen molar-refractivity contribution in [3.05, 3.63) is 92.5 Å². The van der Waals surface area contributed by atoms with Gasteiger partial charge in [0.15, 0.2) is 52.8 Å². The second-order valence-corrected chi connectivity index (χ2v) is 15.3. The first-order chi connectivity index (χ1) is 28.5. The molecule has 0 saturated carbocycles. The summed E-state index contributed by atoms with van der Waals surface area (Å²) < 4.78 is 76.1. The van der Waals surface area contributed by atoms with Crippen molar-refractivity contribution in [3.63, 3.8) is 0 Å². The smallest absolute Gasteiger partial charge is 0.434 e. The zero-order valence-electron chi connectivity index (χ0n) is 33.1. The minimum absolute atomic E-state index is 0. The maximum Gasteiger partial charge on any atom is 0.434 e. The fraction of sp³-hybridized carbons (Fsp3) is 0.488. The summed E-state index contributed by atoms with van der Waals surface area (Å²) in [6, 6.07) is 12.3. The second-order valence-electron chi connectivity index (χ2n) is 15.3. The van der Waals surface area contributed by atoms with Gasteiger partial charge in [-0.05, 0) is 94.7 Å². The minimum atomic E-state index is -1.43. The predicted octanol–water partition coefficient (Wildman–Crippen LogP) is 3.64. The molecule has 0 radical (unpaired) electrons. The van der Waals surface area contributed by atoms with E-state index in [1.807, 2.05) is 24.3 Å². The summed E-state index contributed by atoms with van der Waals surface area (Å²) in [5.74, 6) is 1.12. The van der Waals surface area contributed by atoms with E-state index in [1.165, 1.54) is 44.2 Å². The van der Waals surface area contributed by atoms with Crippen LogP contribution in [-0.4, -0.2) is 101 Å². The van der Waals surface area contributed by atoms with Crippen molar-refractivity contribution in [2.75, 3.05) is 34.2 Å². The Kier molecular flexibility index (Phi) is 11.5. The largest absolute Gasteiger partial charge is 0.493 e. The normalized spacial score (nSPS) is 28.6. The van der Waals surface area contributed by atoms with Gasteiger partial charge in [0, 0.05) is 5.92 Å². The summed E-state index contributed by atoms with van der Waals surface area (Å²) in [7, 11) is 4.56. The molecule has 322 valence electrons. The molecule has 60 heavy (non-hydrogen) atoms. The number of nitrogens with zero attached hydrogens (tertiary/aromatic N) is 3. The van der Waals surface area contributed by atoms with E-state index >= 15 is 4.39 Å². The number of ether oxygens (including phenoxy) is 10. The van der Waals surface area contributed by atoms with E-state index in [4.69, 9.17) is 47.4 Å². The monoisotopic (exact) mass is 839 g/mol. The van der Waals surface area contributed by atoms with E-state index < -0.39 is 47.7 Å². The van der Waals surface area contributed by atoms with Gasteiger partial charge in [-0.1, -0.05) is 11.1 Å². The molecule has 19 heteroatoms. The molecule has 4 aromatic rings. The number of aliphatic hydroxyl groups is 2. The summed E-state index contributed by atoms with van der Waals surface area (Å²) in [4.78, 5) is 14.3. The number of nitro groups is 1. The number of imidazole rings is 1. The van der Waals surface area contributed by atoms with Gasteiger partial charge in [0.1, 0.15) is 37.7 Å². The van der Waals surface area contributed by atoms with Crippen molar-refractivity contribution in [2.45, 2.75) is 75.4 Å². The van der Waals surface area contributed by atoms with Crippen LogP contribution >= 0.6 is 0 Å². The molecule has 3 fully saturated rings. The standard InChI is InChI=1S/C41H44FN3O14.H2O/c1-19-57-38-34(59-40(47)36(46)39(38)58-19)11-24-23-10-30-31(56-18-55-30)12-25(23)35(27-17-52-16-26(24)27)21-8-32(50-3)37(33(9-21)51-4)54-14-20-5-6-29(28(42)7-20)53-15-22-13-43-41(44(22)2)45(48)49;/h5-10,12-13,19,24,26-27,34-36,38-40,46-47H,11,14-18H2,1-4H3;1H2. The molecule has 10 atom stereocenters. The molecule has 4 aliphatic heterocycles. The summed E-state index contributed by atoms with van der Waals surface area (Å²) in [5.41, 5.74) is 3.84. The van der Waals surface area contributed by atoms with E-state index in [0.29, 0.717) is 59.6 Å². The second kappa shape index (κ2) is 16.6. The zero-order valence-corrected chi connectivity index (χ0v) is 33.1. The maximum absolute atomic E-state index is 15.2. The Morgan fingerprint density at radius 1 is 0.917 bits per heavy atom. The van der Waals surface area contributed by atoms with Crippen molar-refractivity contribution in [3.8, 4) is 34.5 Å². The fourth-order valence-electron chi connectivity index (χ4n) is 9.26. The summed E-state index contributed by atoms with van der Waals surface area (Å²) in [6.07, 6.45) is -3.33. The summed E-state index contributed by atoms with van der Waals surface area (Å²) in [5, 5.41) is 32.5. The van der Waals surface area contributed by atoms with Gasteiger partial charge in [0.05, 0.1) is 40.6 Å². The fourth-order valence-corrected chi connectivity index (χ4v) is 9.26. The van der Waals surface area contributed by atoms with Crippen molar-refractivity contribution < 1.29 is 72.4 Å². The van der Waals surface area contributed by atoms with Crippen LogP contribution in [0.5, 0.6) is 34.5 Å². The molecule has 0 bridgehead atoms. The lowest BCUT2D eigenvalue weighted by molar-refractivity contribution is -0.396. The lowest BCUT2D eigenvalue weighted by Gasteiger charge is -2.44. The number of hydrogen-bond acceptors (Lipinski definition) is 15. The van der Waals surface area contributed by atoms with Crippen LogP contribution in [0, 0.1) is 27.8 Å². The Labute approximate surface area is 343 Å². The zero-order chi connectivity index (χ0) is 41.1. The highest BCUT2D eigenvalue weighted by atomic mass is 19.1. The molecule has 0 amide bonds. The van der Waals surface area contributed by atoms with Gasteiger partial charge < -0.3 is 73.2 Å². The van der Waals surface area contributed by atoms with Crippen LogP contribution in [-0.2, 0) is 39.2 Å². The number of methoxy groups -OCH3 is 2. The van der Waals surface area contributed by atoms with E-state index in [9.17, 15) is 20.3 Å². The average molecular weight is 840 g/mol. The Hall–Kier alpha value is -5.28. The number of rotatable bonds is 12. The molecule has 10 unspecified atom stereocenters. The summed E-state index contributed by atoms with van der Waals surface area (Å²) >= 11 is 0. The Balaban J connectivity index is 0.00000499.